The van der Waals surface area contributed by atoms with Gasteiger partial charge in [-0.3, -0.25) is 4.57 Å². The minimum absolute atomic E-state index is 0.317. The first-order chi connectivity index (χ1) is 11.7. The summed E-state index contributed by atoms with van der Waals surface area (Å²) in [6, 6.07) is 8.64. The molecule has 0 bridgehead atoms. The van der Waals surface area contributed by atoms with Crippen LogP contribution in [0, 0.1) is 0 Å². The number of alkyl halides is 2. The molecule has 1 fully saturated rings. The van der Waals surface area contributed by atoms with Gasteiger partial charge in [0.15, 0.2) is 5.82 Å². The fraction of sp³-hybridized carbons (Fsp3) is 0.312. The zero-order valence-corrected chi connectivity index (χ0v) is 12.8. The maximum Gasteiger partial charge on any atom is 0.296 e. The van der Waals surface area contributed by atoms with Crippen molar-refractivity contribution in [2.45, 2.75) is 6.43 Å². The van der Waals surface area contributed by atoms with Crippen LogP contribution in [0.2, 0.25) is 0 Å². The Hall–Kier alpha value is -2.61. The molecule has 0 spiro atoms. The smallest absolute Gasteiger partial charge is 0.296 e. The van der Waals surface area contributed by atoms with Crippen LogP contribution >= 0.6 is 0 Å². The van der Waals surface area contributed by atoms with Gasteiger partial charge in [0.2, 0.25) is 5.95 Å². The molecule has 2 aromatic heterocycles. The Morgan fingerprint density at radius 3 is 2.62 bits per heavy atom. The molecule has 1 aliphatic rings. The van der Waals surface area contributed by atoms with Gasteiger partial charge in [0.25, 0.3) is 6.43 Å². The highest BCUT2D eigenvalue weighted by molar-refractivity contribution is 5.78. The Kier molecular flexibility index (Phi) is 3.81. The second-order valence-corrected chi connectivity index (χ2v) is 5.41. The Morgan fingerprint density at radius 1 is 1.04 bits per heavy atom. The summed E-state index contributed by atoms with van der Waals surface area (Å²) in [5.74, 6) is 0.576. The Morgan fingerprint density at radius 2 is 1.83 bits per heavy atom. The van der Waals surface area contributed by atoms with Gasteiger partial charge in [-0.15, -0.1) is 0 Å². The standard InChI is InChI=1S/C16H15F2N5O/c17-14(18)15-20-11-3-1-2-4-12(11)23(15)13-5-6-19-16(21-13)22-7-9-24-10-8-22/h1-6,14H,7-10H2. The monoisotopic (exact) mass is 331 g/mol. The van der Waals surface area contributed by atoms with E-state index in [9.17, 15) is 8.78 Å². The molecule has 124 valence electrons. The molecule has 3 heterocycles. The Bertz CT molecular complexity index is 861. The van der Waals surface area contributed by atoms with E-state index in [1.54, 1.807) is 36.5 Å². The number of morpholine rings is 1. The predicted molar refractivity (Wildman–Crippen MR) is 84.6 cm³/mol. The van der Waals surface area contributed by atoms with Gasteiger partial charge in [0, 0.05) is 19.3 Å². The Labute approximate surface area is 136 Å². The Balaban J connectivity index is 1.83. The molecule has 0 saturated carbocycles. The van der Waals surface area contributed by atoms with Gasteiger partial charge in [-0.1, -0.05) is 12.1 Å². The zero-order chi connectivity index (χ0) is 16.5. The van der Waals surface area contributed by atoms with Crippen molar-refractivity contribution in [2.24, 2.45) is 0 Å². The van der Waals surface area contributed by atoms with E-state index in [2.05, 4.69) is 15.0 Å². The first kappa shape index (κ1) is 14.9. The average Bonchev–Trinajstić information content (AvgIpc) is 3.02. The van der Waals surface area contributed by atoms with E-state index < -0.39 is 6.43 Å². The topological polar surface area (TPSA) is 56.1 Å². The first-order valence-electron chi connectivity index (χ1n) is 7.65. The molecule has 4 rings (SSSR count). The van der Waals surface area contributed by atoms with E-state index in [1.165, 1.54) is 4.57 Å². The summed E-state index contributed by atoms with van der Waals surface area (Å²) >= 11 is 0. The summed E-state index contributed by atoms with van der Waals surface area (Å²) in [5.41, 5.74) is 1.11. The van der Waals surface area contributed by atoms with Crippen LogP contribution in [0.4, 0.5) is 14.7 Å². The highest BCUT2D eigenvalue weighted by Gasteiger charge is 2.22. The molecule has 0 radical (unpaired) electrons. The quantitative estimate of drug-likeness (QED) is 0.738. The number of aromatic nitrogens is 4. The number of ether oxygens (including phenoxy) is 1. The third-order valence-corrected chi connectivity index (χ3v) is 3.93. The van der Waals surface area contributed by atoms with Crippen molar-refractivity contribution in [3.8, 4) is 5.82 Å². The van der Waals surface area contributed by atoms with E-state index in [0.717, 1.165) is 0 Å². The molecule has 0 amide bonds. The van der Waals surface area contributed by atoms with E-state index in [0.29, 0.717) is 49.1 Å². The maximum atomic E-state index is 13.5. The van der Waals surface area contributed by atoms with Crippen LogP contribution in [0.15, 0.2) is 36.5 Å². The molecule has 0 unspecified atom stereocenters. The van der Waals surface area contributed by atoms with E-state index in [-0.39, 0.29) is 5.82 Å². The number of hydrogen-bond acceptors (Lipinski definition) is 5. The number of nitrogens with zero attached hydrogens (tertiary/aromatic N) is 5. The van der Waals surface area contributed by atoms with E-state index in [1.807, 2.05) is 4.90 Å². The van der Waals surface area contributed by atoms with Crippen molar-refractivity contribution >= 4 is 17.0 Å². The zero-order valence-electron chi connectivity index (χ0n) is 12.8. The molecule has 0 atom stereocenters. The third kappa shape index (κ3) is 2.58. The second kappa shape index (κ2) is 6.12. The SMILES string of the molecule is FC(F)c1nc2ccccc2n1-c1ccnc(N2CCOCC2)n1. The summed E-state index contributed by atoms with van der Waals surface area (Å²) < 4.78 is 33.6. The van der Waals surface area contributed by atoms with Gasteiger partial charge < -0.3 is 9.64 Å². The second-order valence-electron chi connectivity index (χ2n) is 5.41. The van der Waals surface area contributed by atoms with Crippen LogP contribution in [0.1, 0.15) is 12.2 Å². The highest BCUT2D eigenvalue weighted by Crippen LogP contribution is 2.27. The predicted octanol–water partition coefficient (Wildman–Crippen LogP) is 2.59. The summed E-state index contributed by atoms with van der Waals surface area (Å²) in [5, 5.41) is 0. The molecule has 1 saturated heterocycles. The van der Waals surface area contributed by atoms with Gasteiger partial charge in [-0.2, -0.15) is 4.98 Å². The van der Waals surface area contributed by atoms with Crippen LogP contribution in [0.25, 0.3) is 16.9 Å². The van der Waals surface area contributed by atoms with E-state index >= 15 is 0 Å². The van der Waals surface area contributed by atoms with Crippen LogP contribution in [-0.4, -0.2) is 45.8 Å². The highest BCUT2D eigenvalue weighted by atomic mass is 19.3. The lowest BCUT2D eigenvalue weighted by Crippen LogP contribution is -2.37. The number of halogens is 2. The maximum absolute atomic E-state index is 13.5. The lowest BCUT2D eigenvalue weighted by atomic mass is 10.3. The molecular formula is C16H15F2N5O. The van der Waals surface area contributed by atoms with Crippen LogP contribution < -0.4 is 4.90 Å². The van der Waals surface area contributed by atoms with Gasteiger partial charge in [0.1, 0.15) is 5.82 Å². The van der Waals surface area contributed by atoms with Crippen molar-refractivity contribution < 1.29 is 13.5 Å². The fourth-order valence-corrected chi connectivity index (χ4v) is 2.81. The average molecular weight is 331 g/mol. The number of fused-ring (bicyclic) bond motifs is 1. The molecule has 6 nitrogen and oxygen atoms in total. The minimum Gasteiger partial charge on any atom is -0.378 e. The number of imidazole rings is 1. The van der Waals surface area contributed by atoms with E-state index in [4.69, 9.17) is 4.74 Å². The number of rotatable bonds is 3. The molecule has 0 aliphatic carbocycles. The lowest BCUT2D eigenvalue weighted by Gasteiger charge is -2.26. The summed E-state index contributed by atoms with van der Waals surface area (Å²) in [6.07, 6.45) is -1.11. The molecule has 1 aromatic carbocycles. The third-order valence-electron chi connectivity index (χ3n) is 3.93. The first-order valence-corrected chi connectivity index (χ1v) is 7.65. The van der Waals surface area contributed by atoms with Gasteiger partial charge in [-0.25, -0.2) is 18.7 Å². The van der Waals surface area contributed by atoms with Crippen LogP contribution in [0.3, 0.4) is 0 Å². The number of benzene rings is 1. The van der Waals surface area contributed by atoms with Crippen molar-refractivity contribution in [1.82, 2.24) is 19.5 Å². The van der Waals surface area contributed by atoms with Gasteiger partial charge >= 0.3 is 0 Å². The number of hydrogen-bond donors (Lipinski definition) is 0. The molecule has 1 aliphatic heterocycles. The number of para-hydroxylation sites is 2. The normalized spacial score (nSPS) is 15.4. The molecule has 8 heteroatoms. The minimum atomic E-state index is -2.70. The number of anilines is 1. The van der Waals surface area contributed by atoms with Crippen molar-refractivity contribution in [1.29, 1.82) is 0 Å². The largest absolute Gasteiger partial charge is 0.378 e. The van der Waals surface area contributed by atoms with Crippen molar-refractivity contribution in [2.75, 3.05) is 31.2 Å². The van der Waals surface area contributed by atoms with Crippen molar-refractivity contribution in [3.05, 3.63) is 42.4 Å². The summed E-state index contributed by atoms with van der Waals surface area (Å²) in [6.45, 7) is 2.55. The molecule has 0 N–H and O–H groups in total. The van der Waals surface area contributed by atoms with Gasteiger partial charge in [0.05, 0.1) is 24.2 Å². The van der Waals surface area contributed by atoms with Crippen LogP contribution in [-0.2, 0) is 4.74 Å². The summed E-state index contributed by atoms with van der Waals surface area (Å²) in [4.78, 5) is 14.8. The summed E-state index contributed by atoms with van der Waals surface area (Å²) in [7, 11) is 0. The molecule has 24 heavy (non-hydrogen) atoms. The van der Waals surface area contributed by atoms with Crippen molar-refractivity contribution in [3.63, 3.8) is 0 Å². The van der Waals surface area contributed by atoms with Crippen LogP contribution in [0.5, 0.6) is 0 Å². The molecular weight excluding hydrogens is 316 g/mol. The lowest BCUT2D eigenvalue weighted by molar-refractivity contribution is 0.122. The van der Waals surface area contributed by atoms with Gasteiger partial charge in [-0.05, 0) is 18.2 Å². The molecule has 3 aromatic rings. The fourth-order valence-electron chi connectivity index (χ4n) is 2.81.